The molecule has 2 unspecified atom stereocenters. The van der Waals surface area contributed by atoms with E-state index in [1.54, 1.807) is 6.92 Å². The molecule has 1 amide bonds. The number of alkyl halides is 3. The molecule has 8 heteroatoms. The van der Waals surface area contributed by atoms with Gasteiger partial charge in [-0.1, -0.05) is 18.5 Å². The molecule has 0 aromatic heterocycles. The summed E-state index contributed by atoms with van der Waals surface area (Å²) in [6.07, 6.45) is -3.74. The summed E-state index contributed by atoms with van der Waals surface area (Å²) < 4.78 is 39.3. The third-order valence-corrected chi connectivity index (χ3v) is 4.79. The average molecular weight is 364 g/mol. The number of carbonyl (C=O) groups is 1. The van der Waals surface area contributed by atoms with Gasteiger partial charge in [0, 0.05) is 11.6 Å². The molecule has 0 saturated carbocycles. The molecule has 1 aromatic carbocycles. The molecule has 0 spiro atoms. The molecule has 1 fully saturated rings. The van der Waals surface area contributed by atoms with Crippen LogP contribution in [0.5, 0.6) is 0 Å². The van der Waals surface area contributed by atoms with Crippen LogP contribution in [0.2, 0.25) is 5.02 Å². The molecule has 1 saturated heterocycles. The molecule has 0 aliphatic carbocycles. The highest BCUT2D eigenvalue weighted by Crippen LogP contribution is 2.37. The molecule has 1 aliphatic rings. The molecule has 1 aromatic rings. The molecule has 0 radical (unpaired) electrons. The number of carbonyl (C=O) groups excluding carboxylic acids is 1. The highest BCUT2D eigenvalue weighted by Gasteiger charge is 2.38. The second-order valence-corrected chi connectivity index (χ2v) is 7.02. The average Bonchev–Trinajstić information content (AvgIpc) is 2.90. The molecule has 0 bridgehead atoms. The normalized spacial score (nSPS) is 23.3. The smallest absolute Gasteiger partial charge is 0.330 e. The number of nitrogens with two attached hydrogens (primary N) is 1. The van der Waals surface area contributed by atoms with Crippen molar-refractivity contribution in [3.05, 3.63) is 28.8 Å². The zero-order valence-corrected chi connectivity index (χ0v) is 14.3. The van der Waals surface area contributed by atoms with E-state index >= 15 is 0 Å². The highest BCUT2D eigenvalue weighted by atomic mass is 35.5. The Morgan fingerprint density at radius 1 is 1.50 bits per heavy atom. The lowest BCUT2D eigenvalue weighted by molar-refractivity contribution is -0.137. The van der Waals surface area contributed by atoms with E-state index in [1.807, 2.05) is 11.8 Å². The first kappa shape index (κ1) is 19.0. The van der Waals surface area contributed by atoms with Gasteiger partial charge in [0.05, 0.1) is 17.3 Å². The van der Waals surface area contributed by atoms with Gasteiger partial charge in [0.1, 0.15) is 0 Å². The van der Waals surface area contributed by atoms with Crippen molar-refractivity contribution >= 4 is 23.2 Å². The summed E-state index contributed by atoms with van der Waals surface area (Å²) in [5.74, 6) is -0.482. The summed E-state index contributed by atoms with van der Waals surface area (Å²) in [5.41, 5.74) is 4.44. The van der Waals surface area contributed by atoms with Crippen molar-refractivity contribution in [2.45, 2.75) is 32.5 Å². The minimum absolute atomic E-state index is 0.0355. The lowest BCUT2D eigenvalue weighted by Gasteiger charge is -2.27. The summed E-state index contributed by atoms with van der Waals surface area (Å²) in [5, 5.41) is 2.34. The van der Waals surface area contributed by atoms with E-state index in [0.717, 1.165) is 12.5 Å². The summed E-state index contributed by atoms with van der Waals surface area (Å²) in [7, 11) is 0. The molecule has 1 aliphatic heterocycles. The first-order valence-corrected chi connectivity index (χ1v) is 8.05. The van der Waals surface area contributed by atoms with Crippen molar-refractivity contribution in [1.82, 2.24) is 4.90 Å². The molecule has 3 N–H and O–H groups in total. The van der Waals surface area contributed by atoms with Crippen LogP contribution in [-0.2, 0) is 11.0 Å². The Hall–Kier alpha value is -1.31. The van der Waals surface area contributed by atoms with Gasteiger partial charge < -0.3 is 11.1 Å². The monoisotopic (exact) mass is 363 g/mol. The first-order chi connectivity index (χ1) is 11.1. The SMILES string of the molecule is CC(C(=O)Nc1ccc(Cl)cc1C(F)(F)F)N1CCC(C)(CN)C1. The van der Waals surface area contributed by atoms with E-state index in [-0.39, 0.29) is 16.1 Å². The zero-order valence-electron chi connectivity index (χ0n) is 13.6. The summed E-state index contributed by atoms with van der Waals surface area (Å²) in [6, 6.07) is 2.75. The van der Waals surface area contributed by atoms with E-state index in [0.29, 0.717) is 19.6 Å². The van der Waals surface area contributed by atoms with Crippen LogP contribution in [0.1, 0.15) is 25.8 Å². The molecule has 134 valence electrons. The lowest BCUT2D eigenvalue weighted by atomic mass is 9.90. The maximum atomic E-state index is 13.1. The Kier molecular flexibility index (Phi) is 5.47. The van der Waals surface area contributed by atoms with Gasteiger partial charge in [0.15, 0.2) is 0 Å². The van der Waals surface area contributed by atoms with Crippen molar-refractivity contribution in [3.8, 4) is 0 Å². The number of benzene rings is 1. The third kappa shape index (κ3) is 4.20. The Bertz CT molecular complexity index is 623. The van der Waals surface area contributed by atoms with E-state index in [4.69, 9.17) is 17.3 Å². The second-order valence-electron chi connectivity index (χ2n) is 6.59. The van der Waals surface area contributed by atoms with Gasteiger partial charge in [-0.2, -0.15) is 13.2 Å². The number of halogens is 4. The number of rotatable bonds is 4. The maximum absolute atomic E-state index is 13.1. The molecule has 1 heterocycles. The van der Waals surface area contributed by atoms with Gasteiger partial charge in [-0.15, -0.1) is 0 Å². The largest absolute Gasteiger partial charge is 0.418 e. The van der Waals surface area contributed by atoms with Gasteiger partial charge in [-0.3, -0.25) is 9.69 Å². The number of anilines is 1. The van der Waals surface area contributed by atoms with E-state index < -0.39 is 23.7 Å². The topological polar surface area (TPSA) is 58.4 Å². The molecular formula is C16H21ClF3N3O. The van der Waals surface area contributed by atoms with Crippen molar-refractivity contribution in [1.29, 1.82) is 0 Å². The number of nitrogens with one attached hydrogen (secondary N) is 1. The third-order valence-electron chi connectivity index (χ3n) is 4.55. The maximum Gasteiger partial charge on any atom is 0.418 e. The lowest BCUT2D eigenvalue weighted by Crippen LogP contribution is -2.42. The standard InChI is InChI=1S/C16H21ClF3N3O/c1-10(23-6-5-15(2,8-21)9-23)14(24)22-13-4-3-11(17)7-12(13)16(18,19)20/h3-4,7,10H,5-6,8-9,21H2,1-2H3,(H,22,24). The van der Waals surface area contributed by atoms with Crippen molar-refractivity contribution < 1.29 is 18.0 Å². The predicted octanol–water partition coefficient (Wildman–Crippen LogP) is 3.36. The Morgan fingerprint density at radius 2 is 2.17 bits per heavy atom. The summed E-state index contributed by atoms with van der Waals surface area (Å²) in [6.45, 7) is 5.56. The minimum atomic E-state index is -4.59. The van der Waals surface area contributed by atoms with E-state index in [1.165, 1.54) is 12.1 Å². The van der Waals surface area contributed by atoms with Gasteiger partial charge in [-0.25, -0.2) is 0 Å². The van der Waals surface area contributed by atoms with Gasteiger partial charge >= 0.3 is 6.18 Å². The molecule has 24 heavy (non-hydrogen) atoms. The second kappa shape index (κ2) is 6.90. The molecule has 4 nitrogen and oxygen atoms in total. The number of amides is 1. The number of hydrogen-bond donors (Lipinski definition) is 2. The van der Waals surface area contributed by atoms with E-state index in [9.17, 15) is 18.0 Å². The van der Waals surface area contributed by atoms with Crippen LogP contribution < -0.4 is 11.1 Å². The highest BCUT2D eigenvalue weighted by molar-refractivity contribution is 6.30. The Balaban J connectivity index is 2.13. The summed E-state index contributed by atoms with van der Waals surface area (Å²) >= 11 is 5.64. The molecular weight excluding hydrogens is 343 g/mol. The molecule has 2 rings (SSSR count). The minimum Gasteiger partial charge on any atom is -0.330 e. The van der Waals surface area contributed by atoms with Crippen LogP contribution in [0, 0.1) is 5.41 Å². The van der Waals surface area contributed by atoms with Crippen LogP contribution in [0.4, 0.5) is 18.9 Å². The van der Waals surface area contributed by atoms with Gasteiger partial charge in [0.2, 0.25) is 5.91 Å². The van der Waals surface area contributed by atoms with E-state index in [2.05, 4.69) is 5.32 Å². The summed E-state index contributed by atoms with van der Waals surface area (Å²) in [4.78, 5) is 14.3. The van der Waals surface area contributed by atoms with Crippen LogP contribution in [0.15, 0.2) is 18.2 Å². The fraction of sp³-hybridized carbons (Fsp3) is 0.562. The van der Waals surface area contributed by atoms with Crippen LogP contribution in [0.25, 0.3) is 0 Å². The van der Waals surface area contributed by atoms with Crippen molar-refractivity contribution in [2.75, 3.05) is 25.0 Å². The van der Waals surface area contributed by atoms with Crippen molar-refractivity contribution in [2.24, 2.45) is 11.1 Å². The molecule has 2 atom stereocenters. The Labute approximate surface area is 144 Å². The number of hydrogen-bond acceptors (Lipinski definition) is 3. The predicted molar refractivity (Wildman–Crippen MR) is 87.9 cm³/mol. The quantitative estimate of drug-likeness (QED) is 0.862. The fourth-order valence-electron chi connectivity index (χ4n) is 2.82. The van der Waals surface area contributed by atoms with Crippen LogP contribution >= 0.6 is 11.6 Å². The van der Waals surface area contributed by atoms with Crippen molar-refractivity contribution in [3.63, 3.8) is 0 Å². The Morgan fingerprint density at radius 3 is 2.71 bits per heavy atom. The zero-order chi connectivity index (χ0) is 18.1. The fourth-order valence-corrected chi connectivity index (χ4v) is 2.99. The van der Waals surface area contributed by atoms with Gasteiger partial charge in [-0.05, 0) is 50.0 Å². The first-order valence-electron chi connectivity index (χ1n) is 7.67. The number of nitrogens with zero attached hydrogens (tertiary/aromatic N) is 1. The van der Waals surface area contributed by atoms with Gasteiger partial charge in [0.25, 0.3) is 0 Å². The van der Waals surface area contributed by atoms with Crippen LogP contribution in [0.3, 0.4) is 0 Å². The number of likely N-dealkylation sites (tertiary alicyclic amines) is 1. The van der Waals surface area contributed by atoms with Crippen LogP contribution in [-0.4, -0.2) is 36.5 Å².